The lowest BCUT2D eigenvalue weighted by Gasteiger charge is -2.19. The number of rotatable bonds is 20. The topological polar surface area (TPSA) is 71.5 Å². The molecule has 0 aliphatic carbocycles. The Hall–Kier alpha value is -2.61. The lowest BCUT2D eigenvalue weighted by Crippen LogP contribution is -2.26. The molecule has 2 saturated heterocycles. The van der Waals surface area contributed by atoms with Gasteiger partial charge in [0.05, 0.1) is 20.3 Å². The molecule has 1 N–H and O–H groups in total. The standard InChI is InChI=1S/C21H33NO3.C20H33NO2/c1-24-21(23)10-5-4-9-19-11-13-20(14-12-19)25-18-8-17-22-15-6-2-3-7-16-22;22-17-7-3-4-9-19-10-12-20(13-11-19)23-18-8-16-21-14-5-1-2-6-15-21/h11-14H,2-10,15-18H2,1H3;10-13,22H,1-9,14-18H2. The Bertz CT molecular complexity index is 1050. The number of benzene rings is 2. The second-order valence-corrected chi connectivity index (χ2v) is 13.5. The van der Waals surface area contributed by atoms with Gasteiger partial charge in [0.15, 0.2) is 0 Å². The maximum absolute atomic E-state index is 11.1. The fraction of sp³-hybridized carbons (Fsp3) is 0.683. The van der Waals surface area contributed by atoms with Crippen LogP contribution in [-0.4, -0.2) is 87.1 Å². The first-order chi connectivity index (χ1) is 23.7. The molecule has 2 aromatic rings. The molecule has 270 valence electrons. The molecule has 0 amide bonds. The predicted molar refractivity (Wildman–Crippen MR) is 197 cm³/mol. The number of hydrogen-bond acceptors (Lipinski definition) is 7. The van der Waals surface area contributed by atoms with E-state index in [1.54, 1.807) is 0 Å². The smallest absolute Gasteiger partial charge is 0.305 e. The van der Waals surface area contributed by atoms with E-state index in [2.05, 4.69) is 63.1 Å². The van der Waals surface area contributed by atoms with Crippen LogP contribution in [0.15, 0.2) is 48.5 Å². The highest BCUT2D eigenvalue weighted by molar-refractivity contribution is 5.68. The van der Waals surface area contributed by atoms with Gasteiger partial charge in [0.2, 0.25) is 0 Å². The van der Waals surface area contributed by atoms with Crippen molar-refractivity contribution < 1.29 is 24.1 Å². The Morgan fingerprint density at radius 1 is 0.583 bits per heavy atom. The zero-order valence-electron chi connectivity index (χ0n) is 30.2. The highest BCUT2D eigenvalue weighted by Gasteiger charge is 2.09. The summed E-state index contributed by atoms with van der Waals surface area (Å²) in [7, 11) is 1.44. The summed E-state index contributed by atoms with van der Waals surface area (Å²) < 4.78 is 16.4. The van der Waals surface area contributed by atoms with Crippen molar-refractivity contribution in [3.8, 4) is 11.5 Å². The molecule has 0 radical (unpaired) electrons. The van der Waals surface area contributed by atoms with Gasteiger partial charge in [-0.25, -0.2) is 0 Å². The number of aryl methyl sites for hydroxylation is 2. The van der Waals surface area contributed by atoms with Crippen molar-refractivity contribution in [3.63, 3.8) is 0 Å². The monoisotopic (exact) mass is 666 g/mol. The van der Waals surface area contributed by atoms with Crippen molar-refractivity contribution in [3.05, 3.63) is 59.7 Å². The zero-order valence-corrected chi connectivity index (χ0v) is 30.2. The molecule has 48 heavy (non-hydrogen) atoms. The van der Waals surface area contributed by atoms with Crippen LogP contribution in [0.1, 0.15) is 114 Å². The van der Waals surface area contributed by atoms with Crippen LogP contribution in [0.25, 0.3) is 0 Å². The number of aliphatic hydroxyl groups is 1. The van der Waals surface area contributed by atoms with E-state index in [1.165, 1.54) is 102 Å². The van der Waals surface area contributed by atoms with Crippen LogP contribution in [0.4, 0.5) is 0 Å². The third-order valence-electron chi connectivity index (χ3n) is 9.47. The minimum absolute atomic E-state index is 0.121. The lowest BCUT2D eigenvalue weighted by molar-refractivity contribution is -0.140. The molecule has 0 unspecified atom stereocenters. The van der Waals surface area contributed by atoms with Gasteiger partial charge < -0.3 is 29.1 Å². The Morgan fingerprint density at radius 3 is 1.44 bits per heavy atom. The summed E-state index contributed by atoms with van der Waals surface area (Å²) in [6.45, 7) is 9.28. The van der Waals surface area contributed by atoms with Crippen molar-refractivity contribution in [1.82, 2.24) is 9.80 Å². The first-order valence-electron chi connectivity index (χ1n) is 19.2. The van der Waals surface area contributed by atoms with Gasteiger partial charge in [-0.2, -0.15) is 0 Å². The molecule has 0 atom stereocenters. The van der Waals surface area contributed by atoms with E-state index in [-0.39, 0.29) is 5.97 Å². The number of carbonyl (C=O) groups excluding carboxylic acids is 1. The second kappa shape index (κ2) is 26.3. The molecule has 7 nitrogen and oxygen atoms in total. The average Bonchev–Trinajstić information content (AvgIpc) is 3.56. The van der Waals surface area contributed by atoms with Crippen LogP contribution in [0.5, 0.6) is 11.5 Å². The first kappa shape index (κ1) is 39.8. The summed E-state index contributed by atoms with van der Waals surface area (Å²) in [6, 6.07) is 16.9. The molecule has 4 rings (SSSR count). The Balaban J connectivity index is 0.000000261. The molecular weight excluding hydrogens is 600 g/mol. The maximum Gasteiger partial charge on any atom is 0.305 e. The van der Waals surface area contributed by atoms with Crippen LogP contribution in [-0.2, 0) is 22.4 Å². The van der Waals surface area contributed by atoms with Crippen molar-refractivity contribution in [2.24, 2.45) is 0 Å². The van der Waals surface area contributed by atoms with Crippen molar-refractivity contribution in [1.29, 1.82) is 0 Å². The van der Waals surface area contributed by atoms with Crippen LogP contribution >= 0.6 is 0 Å². The van der Waals surface area contributed by atoms with E-state index in [0.29, 0.717) is 13.0 Å². The first-order valence-corrected chi connectivity index (χ1v) is 19.2. The maximum atomic E-state index is 11.1. The highest BCUT2D eigenvalue weighted by atomic mass is 16.5. The molecule has 0 bridgehead atoms. The number of unbranched alkanes of at least 4 members (excludes halogenated alkanes) is 3. The van der Waals surface area contributed by atoms with E-state index in [4.69, 9.17) is 14.6 Å². The Morgan fingerprint density at radius 2 is 1.02 bits per heavy atom. The number of esters is 1. The minimum Gasteiger partial charge on any atom is -0.494 e. The van der Waals surface area contributed by atoms with E-state index < -0.39 is 0 Å². The summed E-state index contributed by atoms with van der Waals surface area (Å²) in [5.74, 6) is 1.82. The van der Waals surface area contributed by atoms with Crippen LogP contribution in [0, 0.1) is 0 Å². The average molecular weight is 667 g/mol. The molecule has 2 aliphatic rings. The molecule has 2 aromatic carbocycles. The Kier molecular flexibility index (Phi) is 21.8. The van der Waals surface area contributed by atoms with E-state index in [9.17, 15) is 4.79 Å². The molecule has 0 spiro atoms. The normalized spacial score (nSPS) is 15.9. The van der Waals surface area contributed by atoms with Crippen molar-refractivity contribution in [2.45, 2.75) is 116 Å². The van der Waals surface area contributed by atoms with Gasteiger partial charge in [0.1, 0.15) is 11.5 Å². The number of carbonyl (C=O) groups is 1. The third kappa shape index (κ3) is 18.8. The summed E-state index contributed by atoms with van der Waals surface area (Å²) >= 11 is 0. The van der Waals surface area contributed by atoms with Gasteiger partial charge in [0, 0.05) is 26.1 Å². The van der Waals surface area contributed by atoms with Crippen molar-refractivity contribution >= 4 is 5.97 Å². The summed E-state index contributed by atoms with van der Waals surface area (Å²) in [4.78, 5) is 16.2. The lowest BCUT2D eigenvalue weighted by atomic mass is 10.1. The van der Waals surface area contributed by atoms with E-state index >= 15 is 0 Å². The van der Waals surface area contributed by atoms with Gasteiger partial charge in [-0.1, -0.05) is 56.4 Å². The SMILES string of the molecule is COC(=O)CCCCc1ccc(OCCCN2CCCCCC2)cc1.OCCCCCc1ccc(OCCCN2CCCCCC2)cc1. The quantitative estimate of drug-likeness (QED) is 0.113. The number of methoxy groups -OCH3 is 1. The molecule has 0 aromatic heterocycles. The minimum atomic E-state index is -0.121. The Labute approximate surface area is 292 Å². The van der Waals surface area contributed by atoms with Crippen molar-refractivity contribution in [2.75, 3.05) is 66.2 Å². The van der Waals surface area contributed by atoms with E-state index in [0.717, 1.165) is 89.0 Å². The third-order valence-corrected chi connectivity index (χ3v) is 9.47. The fourth-order valence-electron chi connectivity index (χ4n) is 6.50. The second-order valence-electron chi connectivity index (χ2n) is 13.5. The van der Waals surface area contributed by atoms with Crippen LogP contribution in [0.3, 0.4) is 0 Å². The van der Waals surface area contributed by atoms with Crippen LogP contribution < -0.4 is 9.47 Å². The van der Waals surface area contributed by atoms with E-state index in [1.807, 2.05) is 0 Å². The van der Waals surface area contributed by atoms with Crippen LogP contribution in [0.2, 0.25) is 0 Å². The number of likely N-dealkylation sites (tertiary alicyclic amines) is 2. The fourth-order valence-corrected chi connectivity index (χ4v) is 6.50. The molecular formula is C41H66N2O5. The largest absolute Gasteiger partial charge is 0.494 e. The predicted octanol–water partition coefficient (Wildman–Crippen LogP) is 8.25. The number of ether oxygens (including phenoxy) is 3. The summed E-state index contributed by atoms with van der Waals surface area (Å²) in [5, 5.41) is 8.78. The highest BCUT2D eigenvalue weighted by Crippen LogP contribution is 2.17. The molecule has 2 aliphatic heterocycles. The molecule has 2 fully saturated rings. The molecule has 7 heteroatoms. The number of hydrogen-bond donors (Lipinski definition) is 1. The van der Waals surface area contributed by atoms with Gasteiger partial charge in [0.25, 0.3) is 0 Å². The number of aliphatic hydroxyl groups excluding tert-OH is 1. The van der Waals surface area contributed by atoms with Gasteiger partial charge >= 0.3 is 5.97 Å². The number of nitrogens with zero attached hydrogens (tertiary/aromatic N) is 2. The van der Waals surface area contributed by atoms with Gasteiger partial charge in [-0.3, -0.25) is 4.79 Å². The summed E-state index contributed by atoms with van der Waals surface area (Å²) in [6.07, 6.45) is 20.9. The molecule has 0 saturated carbocycles. The van der Waals surface area contributed by atoms with Gasteiger partial charge in [-0.15, -0.1) is 0 Å². The summed E-state index contributed by atoms with van der Waals surface area (Å²) in [5.41, 5.74) is 2.65. The molecule has 2 heterocycles. The van der Waals surface area contributed by atoms with Gasteiger partial charge in [-0.05, 0) is 139 Å². The zero-order chi connectivity index (χ0) is 33.9.